The molecule has 0 aliphatic carbocycles. The Labute approximate surface area is 191 Å². The van der Waals surface area contributed by atoms with E-state index in [4.69, 9.17) is 10.2 Å². The Morgan fingerprint density at radius 1 is 1.06 bits per heavy atom. The van der Waals surface area contributed by atoms with Crippen LogP contribution in [0.3, 0.4) is 0 Å². The molecule has 0 radical (unpaired) electrons. The van der Waals surface area contributed by atoms with E-state index in [1.54, 1.807) is 24.3 Å². The van der Waals surface area contributed by atoms with Crippen molar-refractivity contribution in [1.82, 2.24) is 20.2 Å². The lowest BCUT2D eigenvalue weighted by atomic mass is 10.0. The van der Waals surface area contributed by atoms with Crippen molar-refractivity contribution in [3.05, 3.63) is 66.1 Å². The fourth-order valence-corrected chi connectivity index (χ4v) is 3.92. The van der Waals surface area contributed by atoms with E-state index < -0.39 is 11.9 Å². The monoisotopic (exact) mass is 453 g/mol. The average Bonchev–Trinajstić information content (AvgIpc) is 3.41. The normalized spacial score (nSPS) is 19.0. The third-order valence-corrected chi connectivity index (χ3v) is 5.53. The number of carbonyl (C=O) groups is 3. The number of benzene rings is 1. The minimum Gasteiger partial charge on any atom is -0.478 e. The summed E-state index contributed by atoms with van der Waals surface area (Å²) in [4.78, 5) is 44.6. The third kappa shape index (κ3) is 6.84. The first-order valence-electron chi connectivity index (χ1n) is 10.5. The Morgan fingerprint density at radius 2 is 1.67 bits per heavy atom. The summed E-state index contributed by atoms with van der Waals surface area (Å²) in [7, 11) is 1.80. The number of carboxylic acid groups (broad SMARTS) is 2. The number of fused-ring (bicyclic) bond motifs is 1. The molecular weight excluding hydrogens is 426 g/mol. The van der Waals surface area contributed by atoms with Crippen LogP contribution in [0.25, 0.3) is 0 Å². The zero-order valence-electron chi connectivity index (χ0n) is 18.3. The van der Waals surface area contributed by atoms with Gasteiger partial charge in [0, 0.05) is 51.9 Å². The predicted octanol–water partition coefficient (Wildman–Crippen LogP) is 1.12. The second-order valence-electron chi connectivity index (χ2n) is 8.00. The van der Waals surface area contributed by atoms with E-state index in [9.17, 15) is 14.4 Å². The summed E-state index contributed by atoms with van der Waals surface area (Å²) in [5, 5.41) is 19.1. The van der Waals surface area contributed by atoms with Gasteiger partial charge in [0.25, 0.3) is 5.91 Å². The molecule has 2 aliphatic heterocycles. The minimum absolute atomic E-state index is 0.0979. The minimum atomic E-state index is -1.26. The van der Waals surface area contributed by atoms with Crippen LogP contribution in [0, 0.1) is 11.8 Å². The highest BCUT2D eigenvalue weighted by Gasteiger charge is 2.36. The van der Waals surface area contributed by atoms with E-state index in [2.05, 4.69) is 20.2 Å². The second-order valence-corrected chi connectivity index (χ2v) is 8.00. The lowest BCUT2D eigenvalue weighted by Gasteiger charge is -2.20. The van der Waals surface area contributed by atoms with E-state index in [1.165, 1.54) is 0 Å². The number of anilines is 1. The topological polar surface area (TPSA) is 136 Å². The maximum absolute atomic E-state index is 12.7. The first-order chi connectivity index (χ1) is 15.8. The van der Waals surface area contributed by atoms with E-state index in [1.807, 2.05) is 30.3 Å². The zero-order chi connectivity index (χ0) is 23.8. The van der Waals surface area contributed by atoms with Gasteiger partial charge in [-0.2, -0.15) is 0 Å². The Morgan fingerprint density at radius 3 is 2.24 bits per heavy atom. The van der Waals surface area contributed by atoms with Gasteiger partial charge in [-0.05, 0) is 17.4 Å². The summed E-state index contributed by atoms with van der Waals surface area (Å²) >= 11 is 0. The standard InChI is InChI=1S/C19H23N5O.C4H4O4/c1-23(11-14-5-3-2-4-6-14)19(25)17-9-21-10-18(22-17)24-12-15-7-20-8-16(15)13-24;5-3(6)1-2-4(7)8/h2-6,9-10,15-16,20H,7-8,11-13H2,1H3;1-2H,(H,5,6)(H,7,8)/b;2-1+/t15-,16+;. The van der Waals surface area contributed by atoms with Crippen LogP contribution in [-0.4, -0.2) is 76.2 Å². The molecule has 0 saturated carbocycles. The van der Waals surface area contributed by atoms with Crippen molar-refractivity contribution < 1.29 is 24.6 Å². The fraction of sp³-hybridized carbons (Fsp3) is 0.348. The second kappa shape index (κ2) is 11.2. The number of hydrogen-bond donors (Lipinski definition) is 3. The van der Waals surface area contributed by atoms with Gasteiger partial charge in [-0.25, -0.2) is 14.6 Å². The summed E-state index contributed by atoms with van der Waals surface area (Å²) in [6.45, 7) is 4.69. The molecule has 4 rings (SSSR count). The van der Waals surface area contributed by atoms with Crippen LogP contribution in [0.1, 0.15) is 16.1 Å². The van der Waals surface area contributed by atoms with Gasteiger partial charge in [-0.15, -0.1) is 0 Å². The van der Waals surface area contributed by atoms with Crippen molar-refractivity contribution in [2.75, 3.05) is 38.1 Å². The van der Waals surface area contributed by atoms with E-state index in [0.29, 0.717) is 36.2 Å². The zero-order valence-corrected chi connectivity index (χ0v) is 18.3. The lowest BCUT2D eigenvalue weighted by Crippen LogP contribution is -2.29. The molecular formula is C23H27N5O5. The van der Waals surface area contributed by atoms with Crippen molar-refractivity contribution in [1.29, 1.82) is 0 Å². The molecule has 1 aromatic carbocycles. The molecule has 1 aromatic heterocycles. The molecule has 3 N–H and O–H groups in total. The molecule has 2 saturated heterocycles. The number of amides is 1. The van der Waals surface area contributed by atoms with Crippen LogP contribution in [0.5, 0.6) is 0 Å². The highest BCUT2D eigenvalue weighted by atomic mass is 16.4. The van der Waals surface area contributed by atoms with Gasteiger partial charge >= 0.3 is 11.9 Å². The SMILES string of the molecule is CN(Cc1ccccc1)C(=O)c1cncc(N2C[C@H]3CNC[C@H]3C2)n1.O=C(O)/C=C/C(=O)O. The van der Waals surface area contributed by atoms with E-state index in [0.717, 1.165) is 37.6 Å². The van der Waals surface area contributed by atoms with Crippen molar-refractivity contribution in [3.63, 3.8) is 0 Å². The lowest BCUT2D eigenvalue weighted by molar-refractivity contribution is -0.134. The summed E-state index contributed by atoms with van der Waals surface area (Å²) in [6, 6.07) is 9.97. The Kier molecular flexibility index (Phi) is 8.09. The molecule has 2 atom stereocenters. The molecule has 33 heavy (non-hydrogen) atoms. The maximum Gasteiger partial charge on any atom is 0.328 e. The number of nitrogens with one attached hydrogen (secondary N) is 1. The van der Waals surface area contributed by atoms with Gasteiger partial charge in [0.15, 0.2) is 0 Å². The molecule has 0 bridgehead atoms. The Balaban J connectivity index is 0.000000331. The van der Waals surface area contributed by atoms with Gasteiger partial charge < -0.3 is 25.3 Å². The largest absolute Gasteiger partial charge is 0.478 e. The number of hydrogen-bond acceptors (Lipinski definition) is 7. The van der Waals surface area contributed by atoms with Gasteiger partial charge in [-0.1, -0.05) is 30.3 Å². The van der Waals surface area contributed by atoms with Crippen LogP contribution in [0.15, 0.2) is 54.9 Å². The molecule has 10 nitrogen and oxygen atoms in total. The molecule has 1 amide bonds. The smallest absolute Gasteiger partial charge is 0.328 e. The number of rotatable bonds is 6. The molecule has 2 fully saturated rings. The molecule has 2 aromatic rings. The molecule has 174 valence electrons. The van der Waals surface area contributed by atoms with Crippen LogP contribution in [-0.2, 0) is 16.1 Å². The number of nitrogens with zero attached hydrogens (tertiary/aromatic N) is 4. The summed E-state index contributed by atoms with van der Waals surface area (Å²) in [5.74, 6) is -0.434. The summed E-state index contributed by atoms with van der Waals surface area (Å²) in [5.41, 5.74) is 1.51. The van der Waals surface area contributed by atoms with E-state index >= 15 is 0 Å². The maximum atomic E-state index is 12.7. The molecule has 0 spiro atoms. The van der Waals surface area contributed by atoms with Gasteiger partial charge in [-0.3, -0.25) is 9.78 Å². The number of aromatic nitrogens is 2. The fourth-order valence-electron chi connectivity index (χ4n) is 3.92. The summed E-state index contributed by atoms with van der Waals surface area (Å²) < 4.78 is 0. The van der Waals surface area contributed by atoms with Gasteiger partial charge in [0.2, 0.25) is 0 Å². The van der Waals surface area contributed by atoms with Crippen LogP contribution < -0.4 is 10.2 Å². The third-order valence-electron chi connectivity index (χ3n) is 5.53. The van der Waals surface area contributed by atoms with Crippen molar-refractivity contribution in [2.45, 2.75) is 6.54 Å². The van der Waals surface area contributed by atoms with Crippen molar-refractivity contribution >= 4 is 23.7 Å². The molecule has 10 heteroatoms. The summed E-state index contributed by atoms with van der Waals surface area (Å²) in [6.07, 6.45) is 4.44. The number of carboxylic acids is 2. The first kappa shape index (κ1) is 23.9. The molecule has 3 heterocycles. The number of carbonyl (C=O) groups excluding carboxylic acids is 1. The van der Waals surface area contributed by atoms with Crippen molar-refractivity contribution in [3.8, 4) is 0 Å². The van der Waals surface area contributed by atoms with Crippen molar-refractivity contribution in [2.24, 2.45) is 11.8 Å². The van der Waals surface area contributed by atoms with Crippen LogP contribution in [0.4, 0.5) is 5.82 Å². The average molecular weight is 453 g/mol. The molecule has 2 aliphatic rings. The predicted molar refractivity (Wildman–Crippen MR) is 121 cm³/mol. The highest BCUT2D eigenvalue weighted by Crippen LogP contribution is 2.29. The van der Waals surface area contributed by atoms with Crippen LogP contribution >= 0.6 is 0 Å². The van der Waals surface area contributed by atoms with Gasteiger partial charge in [0.1, 0.15) is 11.5 Å². The quantitative estimate of drug-likeness (QED) is 0.550. The number of aliphatic carboxylic acids is 2. The Bertz CT molecular complexity index is 985. The van der Waals surface area contributed by atoms with Gasteiger partial charge in [0.05, 0.1) is 12.4 Å². The van der Waals surface area contributed by atoms with Crippen LogP contribution in [0.2, 0.25) is 0 Å². The molecule has 0 unspecified atom stereocenters. The highest BCUT2D eigenvalue weighted by molar-refractivity contribution is 5.92. The first-order valence-corrected chi connectivity index (χ1v) is 10.5. The van der Waals surface area contributed by atoms with E-state index in [-0.39, 0.29) is 5.91 Å². The Hall–Kier alpha value is -3.79.